The predicted molar refractivity (Wildman–Crippen MR) is 67.2 cm³/mol. The number of nitrogens with zero attached hydrogens (tertiary/aromatic N) is 3. The van der Waals surface area contributed by atoms with Crippen LogP contribution in [-0.4, -0.2) is 46.2 Å². The molecule has 2 N–H and O–H groups in total. The largest absolute Gasteiger partial charge is 0.375 e. The van der Waals surface area contributed by atoms with Crippen LogP contribution in [0.5, 0.6) is 0 Å². The number of hydrogen-bond donors (Lipinski definition) is 1. The third kappa shape index (κ3) is 3.10. The molecule has 106 valence electrons. The second kappa shape index (κ2) is 5.66. The van der Waals surface area contributed by atoms with E-state index in [9.17, 15) is 4.79 Å². The first kappa shape index (κ1) is 14.0. The van der Waals surface area contributed by atoms with E-state index >= 15 is 0 Å². The van der Waals surface area contributed by atoms with Crippen molar-refractivity contribution in [1.82, 2.24) is 15.0 Å². The number of aromatic nitrogens is 2. The summed E-state index contributed by atoms with van der Waals surface area (Å²) in [6.45, 7) is 7.44. The Morgan fingerprint density at radius 2 is 2.32 bits per heavy atom. The maximum absolute atomic E-state index is 11.5. The summed E-state index contributed by atoms with van der Waals surface area (Å²) in [5, 5.41) is 3.91. The van der Waals surface area contributed by atoms with Gasteiger partial charge in [0.2, 0.25) is 11.8 Å². The van der Waals surface area contributed by atoms with Crippen LogP contribution >= 0.6 is 0 Å². The molecule has 7 heteroatoms. The van der Waals surface area contributed by atoms with E-state index in [2.05, 4.69) is 10.1 Å². The van der Waals surface area contributed by atoms with E-state index in [-0.39, 0.29) is 12.0 Å². The third-order valence-electron chi connectivity index (χ3n) is 3.23. The molecule has 0 radical (unpaired) electrons. The zero-order valence-corrected chi connectivity index (χ0v) is 11.5. The van der Waals surface area contributed by atoms with Crippen LogP contribution in [0.4, 0.5) is 0 Å². The van der Waals surface area contributed by atoms with Crippen molar-refractivity contribution in [3.05, 3.63) is 11.7 Å². The number of carbonyl (C=O) groups is 1. The monoisotopic (exact) mass is 268 g/mol. The molecular weight excluding hydrogens is 248 g/mol. The second-order valence-corrected chi connectivity index (χ2v) is 5.09. The fourth-order valence-corrected chi connectivity index (χ4v) is 2.21. The lowest BCUT2D eigenvalue weighted by atomic mass is 10.1. The number of rotatable bonds is 4. The Bertz CT molecular complexity index is 446. The molecule has 0 aromatic carbocycles. The van der Waals surface area contributed by atoms with Crippen molar-refractivity contribution in [2.45, 2.75) is 45.4 Å². The van der Waals surface area contributed by atoms with Gasteiger partial charge in [0.15, 0.2) is 5.82 Å². The Hall–Kier alpha value is -1.47. The van der Waals surface area contributed by atoms with Gasteiger partial charge in [-0.05, 0) is 6.92 Å². The summed E-state index contributed by atoms with van der Waals surface area (Å²) in [5.74, 6) is 1.000. The van der Waals surface area contributed by atoms with Crippen molar-refractivity contribution < 1.29 is 14.1 Å². The molecule has 2 rings (SSSR count). The van der Waals surface area contributed by atoms with E-state index in [4.69, 9.17) is 15.0 Å². The van der Waals surface area contributed by atoms with Gasteiger partial charge in [0.05, 0.1) is 19.3 Å². The molecule has 1 aliphatic heterocycles. The summed E-state index contributed by atoms with van der Waals surface area (Å²) in [7, 11) is 0. The van der Waals surface area contributed by atoms with Crippen molar-refractivity contribution in [3.8, 4) is 0 Å². The average molecular weight is 268 g/mol. The Morgan fingerprint density at radius 3 is 2.89 bits per heavy atom. The van der Waals surface area contributed by atoms with E-state index in [1.165, 1.54) is 0 Å². The van der Waals surface area contributed by atoms with Crippen molar-refractivity contribution in [1.29, 1.82) is 0 Å². The highest BCUT2D eigenvalue weighted by Gasteiger charge is 2.34. The predicted octanol–water partition coefficient (Wildman–Crippen LogP) is 0.268. The van der Waals surface area contributed by atoms with Gasteiger partial charge in [-0.1, -0.05) is 19.0 Å². The van der Waals surface area contributed by atoms with Crippen LogP contribution < -0.4 is 5.73 Å². The molecule has 2 heterocycles. The first-order valence-electron chi connectivity index (χ1n) is 6.46. The van der Waals surface area contributed by atoms with Crippen molar-refractivity contribution in [2.24, 2.45) is 5.73 Å². The van der Waals surface area contributed by atoms with E-state index in [1.807, 2.05) is 25.7 Å². The molecule has 1 amide bonds. The number of ether oxygens (including phenoxy) is 1. The zero-order chi connectivity index (χ0) is 14.0. The number of primary amides is 1. The highest BCUT2D eigenvalue weighted by Crippen LogP contribution is 2.17. The van der Waals surface area contributed by atoms with Crippen LogP contribution in [0.15, 0.2) is 4.52 Å². The van der Waals surface area contributed by atoms with Gasteiger partial charge in [-0.2, -0.15) is 4.98 Å². The van der Waals surface area contributed by atoms with Crippen LogP contribution in [0, 0.1) is 0 Å². The second-order valence-electron chi connectivity index (χ2n) is 5.09. The standard InChI is InChI=1S/C12H20N4O3/c1-7(2)12-14-9(19-15-12)6-16-4-5-18-8(3)10(16)11(13)17/h7-8,10H,4-6H2,1-3H3,(H2,13,17)/t8-,10+/m1/s1. The number of amides is 1. The smallest absolute Gasteiger partial charge is 0.240 e. The maximum Gasteiger partial charge on any atom is 0.240 e. The molecule has 1 aromatic heterocycles. The van der Waals surface area contributed by atoms with E-state index in [0.717, 1.165) is 0 Å². The van der Waals surface area contributed by atoms with Crippen LogP contribution in [0.3, 0.4) is 0 Å². The van der Waals surface area contributed by atoms with Crippen LogP contribution in [0.2, 0.25) is 0 Å². The van der Waals surface area contributed by atoms with Crippen molar-refractivity contribution in [2.75, 3.05) is 13.2 Å². The minimum absolute atomic E-state index is 0.216. The molecular formula is C12H20N4O3. The number of nitrogens with two attached hydrogens (primary N) is 1. The first-order valence-corrected chi connectivity index (χ1v) is 6.46. The Balaban J connectivity index is 2.09. The van der Waals surface area contributed by atoms with E-state index in [1.54, 1.807) is 0 Å². The van der Waals surface area contributed by atoms with Crippen LogP contribution in [0.1, 0.15) is 38.4 Å². The first-order chi connectivity index (χ1) is 8.99. The molecule has 7 nitrogen and oxygen atoms in total. The molecule has 0 unspecified atom stereocenters. The van der Waals surface area contributed by atoms with Gasteiger partial charge in [0.25, 0.3) is 0 Å². The van der Waals surface area contributed by atoms with Gasteiger partial charge in [-0.25, -0.2) is 0 Å². The van der Waals surface area contributed by atoms with Gasteiger partial charge in [0.1, 0.15) is 6.04 Å². The number of hydrogen-bond acceptors (Lipinski definition) is 6. The van der Waals surface area contributed by atoms with Gasteiger partial charge in [-0.3, -0.25) is 9.69 Å². The summed E-state index contributed by atoms with van der Waals surface area (Å²) in [6, 6.07) is -0.455. The molecule has 1 aliphatic rings. The highest BCUT2D eigenvalue weighted by molar-refractivity contribution is 5.80. The van der Waals surface area contributed by atoms with Crippen molar-refractivity contribution >= 4 is 5.91 Å². The van der Waals surface area contributed by atoms with Crippen molar-refractivity contribution in [3.63, 3.8) is 0 Å². The topological polar surface area (TPSA) is 94.5 Å². The molecule has 19 heavy (non-hydrogen) atoms. The zero-order valence-electron chi connectivity index (χ0n) is 11.5. The Kier molecular flexibility index (Phi) is 4.16. The molecule has 1 aromatic rings. The molecule has 0 saturated carbocycles. The van der Waals surface area contributed by atoms with Gasteiger partial charge < -0.3 is 15.0 Å². The Morgan fingerprint density at radius 1 is 1.58 bits per heavy atom. The molecule has 1 fully saturated rings. The highest BCUT2D eigenvalue weighted by atomic mass is 16.5. The van der Waals surface area contributed by atoms with Gasteiger partial charge >= 0.3 is 0 Å². The SMILES string of the molecule is CC(C)c1noc(CN2CCO[C@H](C)[C@H]2C(N)=O)n1. The molecule has 0 bridgehead atoms. The van der Waals surface area contributed by atoms with Crippen LogP contribution in [0.25, 0.3) is 0 Å². The third-order valence-corrected chi connectivity index (χ3v) is 3.23. The summed E-state index contributed by atoms with van der Waals surface area (Å²) in [5.41, 5.74) is 5.43. The fraction of sp³-hybridized carbons (Fsp3) is 0.750. The average Bonchev–Trinajstić information content (AvgIpc) is 2.77. The lowest BCUT2D eigenvalue weighted by Gasteiger charge is -2.36. The summed E-state index contributed by atoms with van der Waals surface area (Å²) in [6.07, 6.45) is -0.223. The quantitative estimate of drug-likeness (QED) is 0.842. The number of morpholine rings is 1. The van der Waals surface area contributed by atoms with Crippen LogP contribution in [-0.2, 0) is 16.1 Å². The number of carbonyl (C=O) groups excluding carboxylic acids is 1. The minimum atomic E-state index is -0.455. The summed E-state index contributed by atoms with van der Waals surface area (Å²) in [4.78, 5) is 17.7. The summed E-state index contributed by atoms with van der Waals surface area (Å²) < 4.78 is 10.7. The minimum Gasteiger partial charge on any atom is -0.375 e. The lowest BCUT2D eigenvalue weighted by Crippen LogP contribution is -2.56. The Labute approximate surface area is 112 Å². The molecule has 0 spiro atoms. The lowest BCUT2D eigenvalue weighted by molar-refractivity contribution is -0.136. The molecule has 0 aliphatic carbocycles. The fourth-order valence-electron chi connectivity index (χ4n) is 2.21. The molecule has 2 atom stereocenters. The summed E-state index contributed by atoms with van der Waals surface area (Å²) >= 11 is 0. The normalized spacial score (nSPS) is 24.8. The molecule has 1 saturated heterocycles. The van der Waals surface area contributed by atoms with E-state index < -0.39 is 11.9 Å². The van der Waals surface area contributed by atoms with Gasteiger partial charge in [0, 0.05) is 12.5 Å². The van der Waals surface area contributed by atoms with Gasteiger partial charge in [-0.15, -0.1) is 0 Å². The van der Waals surface area contributed by atoms with E-state index in [0.29, 0.717) is 31.4 Å². The maximum atomic E-state index is 11.5.